The summed E-state index contributed by atoms with van der Waals surface area (Å²) in [6.45, 7) is 6.65. The first-order valence-electron chi connectivity index (χ1n) is 5.29. The predicted molar refractivity (Wildman–Crippen MR) is 68.8 cm³/mol. The van der Waals surface area contributed by atoms with Crippen molar-refractivity contribution in [2.45, 2.75) is 31.7 Å². The first-order chi connectivity index (χ1) is 7.15. The van der Waals surface area contributed by atoms with Crippen molar-refractivity contribution in [3.63, 3.8) is 0 Å². The number of thioether (sulfide) groups is 1. The van der Waals surface area contributed by atoms with Crippen LogP contribution in [0.5, 0.6) is 0 Å². The van der Waals surface area contributed by atoms with Gasteiger partial charge in [0, 0.05) is 28.0 Å². The van der Waals surface area contributed by atoms with Crippen LogP contribution in [-0.2, 0) is 0 Å². The number of nitrogens with zero attached hydrogens (tertiary/aromatic N) is 1. The van der Waals surface area contributed by atoms with Crippen LogP contribution in [0.2, 0.25) is 0 Å². The molecule has 0 saturated heterocycles. The standard InChI is InChI=1S/C13H17NS/c1-9(2)14-8-10(3)13-11(14)6-5-7-12(13)15-4/h5-9H,1-4H3. The molecular weight excluding hydrogens is 202 g/mol. The first-order valence-corrected chi connectivity index (χ1v) is 6.51. The monoisotopic (exact) mass is 219 g/mol. The molecule has 0 radical (unpaired) electrons. The summed E-state index contributed by atoms with van der Waals surface area (Å²) in [7, 11) is 0. The molecule has 1 aromatic carbocycles. The van der Waals surface area contributed by atoms with E-state index in [1.165, 1.54) is 21.4 Å². The highest BCUT2D eigenvalue weighted by molar-refractivity contribution is 7.98. The van der Waals surface area contributed by atoms with Gasteiger partial charge in [0.05, 0.1) is 0 Å². The Morgan fingerprint density at radius 3 is 2.60 bits per heavy atom. The molecule has 15 heavy (non-hydrogen) atoms. The zero-order chi connectivity index (χ0) is 11.0. The summed E-state index contributed by atoms with van der Waals surface area (Å²) in [6, 6.07) is 7.08. The lowest BCUT2D eigenvalue weighted by Crippen LogP contribution is -1.97. The molecule has 0 amide bonds. The van der Waals surface area contributed by atoms with E-state index in [2.05, 4.69) is 56.0 Å². The first kappa shape index (κ1) is 10.6. The molecular formula is C13H17NS. The molecule has 2 heteroatoms. The van der Waals surface area contributed by atoms with Crippen LogP contribution < -0.4 is 0 Å². The highest BCUT2D eigenvalue weighted by Crippen LogP contribution is 2.31. The Morgan fingerprint density at radius 2 is 2.00 bits per heavy atom. The summed E-state index contributed by atoms with van der Waals surface area (Å²) in [6.07, 6.45) is 4.40. The summed E-state index contributed by atoms with van der Waals surface area (Å²) in [4.78, 5) is 1.38. The number of aryl methyl sites for hydroxylation is 1. The fraction of sp³-hybridized carbons (Fsp3) is 0.385. The van der Waals surface area contributed by atoms with E-state index in [-0.39, 0.29) is 0 Å². The Morgan fingerprint density at radius 1 is 1.27 bits per heavy atom. The van der Waals surface area contributed by atoms with E-state index in [0.717, 1.165) is 0 Å². The van der Waals surface area contributed by atoms with Crippen molar-refractivity contribution in [1.29, 1.82) is 0 Å². The molecule has 80 valence electrons. The fourth-order valence-electron chi connectivity index (χ4n) is 2.07. The third-order valence-corrected chi connectivity index (χ3v) is 3.57. The molecule has 0 N–H and O–H groups in total. The number of aromatic nitrogens is 1. The zero-order valence-electron chi connectivity index (χ0n) is 9.74. The molecule has 1 heterocycles. The van der Waals surface area contributed by atoms with Crippen molar-refractivity contribution in [2.75, 3.05) is 6.26 Å². The van der Waals surface area contributed by atoms with Gasteiger partial charge in [0.25, 0.3) is 0 Å². The maximum atomic E-state index is 2.35. The van der Waals surface area contributed by atoms with Crippen LogP contribution in [0.4, 0.5) is 0 Å². The quantitative estimate of drug-likeness (QED) is 0.683. The van der Waals surface area contributed by atoms with Gasteiger partial charge in [-0.15, -0.1) is 11.8 Å². The summed E-state index contributed by atoms with van der Waals surface area (Å²) >= 11 is 1.82. The molecule has 0 fully saturated rings. The zero-order valence-corrected chi connectivity index (χ0v) is 10.6. The summed E-state index contributed by atoms with van der Waals surface area (Å²) in [5.41, 5.74) is 2.73. The lowest BCUT2D eigenvalue weighted by molar-refractivity contribution is 0.622. The largest absolute Gasteiger partial charge is 0.345 e. The molecule has 0 atom stereocenters. The van der Waals surface area contributed by atoms with Gasteiger partial charge in [-0.25, -0.2) is 0 Å². The molecule has 0 aliphatic rings. The second-order valence-corrected chi connectivity index (χ2v) is 5.02. The second kappa shape index (κ2) is 3.93. The Labute approximate surface area is 95.5 Å². The molecule has 0 saturated carbocycles. The summed E-state index contributed by atoms with van der Waals surface area (Å²) in [5.74, 6) is 0. The molecule has 1 nitrogen and oxygen atoms in total. The van der Waals surface area contributed by atoms with Crippen LogP contribution in [0.3, 0.4) is 0 Å². The maximum Gasteiger partial charge on any atom is 0.0496 e. The van der Waals surface area contributed by atoms with Crippen LogP contribution in [0.25, 0.3) is 10.9 Å². The Kier molecular flexibility index (Phi) is 2.79. The minimum Gasteiger partial charge on any atom is -0.345 e. The normalized spacial score (nSPS) is 11.5. The van der Waals surface area contributed by atoms with Gasteiger partial charge < -0.3 is 4.57 Å². The average molecular weight is 219 g/mol. The minimum absolute atomic E-state index is 0.526. The van der Waals surface area contributed by atoms with Gasteiger partial charge in [-0.1, -0.05) is 6.07 Å². The van der Waals surface area contributed by atoms with E-state index in [1.54, 1.807) is 0 Å². The highest BCUT2D eigenvalue weighted by Gasteiger charge is 2.10. The summed E-state index contributed by atoms with van der Waals surface area (Å²) < 4.78 is 2.35. The van der Waals surface area contributed by atoms with E-state index in [9.17, 15) is 0 Å². The third-order valence-electron chi connectivity index (χ3n) is 2.79. The Balaban J connectivity index is 2.79. The van der Waals surface area contributed by atoms with Crippen molar-refractivity contribution in [3.05, 3.63) is 30.0 Å². The molecule has 2 rings (SSSR count). The SMILES string of the molecule is CSc1cccc2c1c(C)cn2C(C)C. The topological polar surface area (TPSA) is 4.93 Å². The molecule has 0 aliphatic heterocycles. The van der Waals surface area contributed by atoms with Gasteiger partial charge in [0.1, 0.15) is 0 Å². The fourth-order valence-corrected chi connectivity index (χ4v) is 2.76. The van der Waals surface area contributed by atoms with E-state index >= 15 is 0 Å². The highest BCUT2D eigenvalue weighted by atomic mass is 32.2. The van der Waals surface area contributed by atoms with Crippen molar-refractivity contribution >= 4 is 22.7 Å². The summed E-state index contributed by atoms with van der Waals surface area (Å²) in [5, 5.41) is 1.42. The predicted octanol–water partition coefficient (Wildman–Crippen LogP) is 4.25. The van der Waals surface area contributed by atoms with Crippen LogP contribution in [0.1, 0.15) is 25.5 Å². The Hall–Kier alpha value is -0.890. The smallest absolute Gasteiger partial charge is 0.0496 e. The van der Waals surface area contributed by atoms with E-state index in [0.29, 0.717) is 6.04 Å². The van der Waals surface area contributed by atoms with Gasteiger partial charge in [-0.05, 0) is 44.7 Å². The van der Waals surface area contributed by atoms with Gasteiger partial charge in [0.2, 0.25) is 0 Å². The number of hydrogen-bond acceptors (Lipinski definition) is 1. The van der Waals surface area contributed by atoms with Crippen molar-refractivity contribution in [3.8, 4) is 0 Å². The molecule has 1 aromatic heterocycles. The van der Waals surface area contributed by atoms with E-state index in [4.69, 9.17) is 0 Å². The van der Waals surface area contributed by atoms with Gasteiger partial charge in [-0.3, -0.25) is 0 Å². The second-order valence-electron chi connectivity index (χ2n) is 4.17. The van der Waals surface area contributed by atoms with Crippen molar-refractivity contribution in [1.82, 2.24) is 4.57 Å². The lowest BCUT2D eigenvalue weighted by atomic mass is 10.2. The van der Waals surface area contributed by atoms with Gasteiger partial charge in [0.15, 0.2) is 0 Å². The van der Waals surface area contributed by atoms with E-state index < -0.39 is 0 Å². The van der Waals surface area contributed by atoms with Crippen LogP contribution in [0.15, 0.2) is 29.3 Å². The number of hydrogen-bond donors (Lipinski definition) is 0. The maximum absolute atomic E-state index is 2.35. The number of fused-ring (bicyclic) bond motifs is 1. The van der Waals surface area contributed by atoms with Crippen LogP contribution in [-0.4, -0.2) is 10.8 Å². The van der Waals surface area contributed by atoms with Gasteiger partial charge >= 0.3 is 0 Å². The number of rotatable bonds is 2. The van der Waals surface area contributed by atoms with Crippen LogP contribution in [0, 0.1) is 6.92 Å². The van der Waals surface area contributed by atoms with Crippen LogP contribution >= 0.6 is 11.8 Å². The molecule has 2 aromatic rings. The van der Waals surface area contributed by atoms with Gasteiger partial charge in [-0.2, -0.15) is 0 Å². The number of benzene rings is 1. The molecule has 0 unspecified atom stereocenters. The lowest BCUT2D eigenvalue weighted by Gasteiger charge is -2.09. The molecule has 0 bridgehead atoms. The van der Waals surface area contributed by atoms with Crippen molar-refractivity contribution < 1.29 is 0 Å². The average Bonchev–Trinajstić information content (AvgIpc) is 2.56. The van der Waals surface area contributed by atoms with Crippen molar-refractivity contribution in [2.24, 2.45) is 0 Å². The Bertz CT molecular complexity index is 482. The third kappa shape index (κ3) is 1.67. The molecule has 0 spiro atoms. The minimum atomic E-state index is 0.526. The van der Waals surface area contributed by atoms with E-state index in [1.807, 2.05) is 11.8 Å². The molecule has 0 aliphatic carbocycles.